The smallest absolute Gasteiger partial charge is 0.223 e. The molecule has 0 unspecified atom stereocenters. The average Bonchev–Trinajstić information content (AvgIpc) is 3.44. The minimum atomic E-state index is -0.281. The summed E-state index contributed by atoms with van der Waals surface area (Å²) in [5.74, 6) is 0.624. The third-order valence-electron chi connectivity index (χ3n) is 6.21. The molecule has 5 rings (SSSR count). The van der Waals surface area contributed by atoms with Crippen LogP contribution < -0.4 is 16.0 Å². The van der Waals surface area contributed by atoms with Crippen molar-refractivity contribution in [2.75, 3.05) is 24.3 Å². The van der Waals surface area contributed by atoms with Gasteiger partial charge in [0, 0.05) is 31.4 Å². The van der Waals surface area contributed by atoms with Gasteiger partial charge >= 0.3 is 0 Å². The molecule has 154 valence electrons. The molecule has 3 aromatic rings. The highest BCUT2D eigenvalue weighted by Gasteiger charge is 2.47. The maximum atomic E-state index is 12.1. The molecule has 0 aliphatic heterocycles. The second-order valence-electron chi connectivity index (χ2n) is 8.26. The van der Waals surface area contributed by atoms with E-state index in [1.165, 1.54) is 0 Å². The van der Waals surface area contributed by atoms with Gasteiger partial charge < -0.3 is 20.9 Å². The molecule has 4 atom stereocenters. The lowest BCUT2D eigenvalue weighted by Crippen LogP contribution is -2.41. The fourth-order valence-electron chi connectivity index (χ4n) is 4.72. The van der Waals surface area contributed by atoms with Crippen molar-refractivity contribution in [3.05, 3.63) is 47.6 Å². The van der Waals surface area contributed by atoms with E-state index in [0.29, 0.717) is 22.2 Å². The van der Waals surface area contributed by atoms with E-state index in [-0.39, 0.29) is 29.7 Å². The van der Waals surface area contributed by atoms with Crippen molar-refractivity contribution in [3.63, 3.8) is 0 Å². The Hall–Kier alpha value is -3.06. The molecule has 2 aromatic heterocycles. The lowest BCUT2D eigenvalue weighted by Gasteiger charge is -2.28. The largest absolute Gasteiger partial charge is 0.378 e. The Bertz CT molecular complexity index is 1170. The van der Waals surface area contributed by atoms with Crippen LogP contribution in [0.5, 0.6) is 0 Å². The number of pyridine rings is 1. The van der Waals surface area contributed by atoms with Crippen LogP contribution in [0.4, 0.5) is 11.4 Å². The Kier molecular flexibility index (Phi) is 4.43. The summed E-state index contributed by atoms with van der Waals surface area (Å²) in [6, 6.07) is 8.01. The van der Waals surface area contributed by atoms with E-state index in [9.17, 15) is 4.79 Å². The Balaban J connectivity index is 1.55. The van der Waals surface area contributed by atoms with Gasteiger partial charge in [-0.1, -0.05) is 35.9 Å². The van der Waals surface area contributed by atoms with Crippen LogP contribution in [0.25, 0.3) is 22.6 Å². The van der Waals surface area contributed by atoms with E-state index in [2.05, 4.69) is 38.5 Å². The number of imidazole rings is 1. The highest BCUT2D eigenvalue weighted by Crippen LogP contribution is 2.46. The van der Waals surface area contributed by atoms with E-state index in [0.717, 1.165) is 23.2 Å². The first-order valence-electron chi connectivity index (χ1n) is 9.98. The summed E-state index contributed by atoms with van der Waals surface area (Å²) < 4.78 is 0. The maximum absolute atomic E-state index is 12.1. The predicted octanol–water partition coefficient (Wildman–Crippen LogP) is 3.43. The van der Waals surface area contributed by atoms with Crippen LogP contribution in [-0.4, -0.2) is 41.0 Å². The molecular weight excluding hydrogens is 400 g/mol. The predicted molar refractivity (Wildman–Crippen MR) is 119 cm³/mol. The molecule has 7 nitrogen and oxygen atoms in total. The van der Waals surface area contributed by atoms with Gasteiger partial charge in [0.1, 0.15) is 11.3 Å². The number of H-pyrrole nitrogens is 1. The van der Waals surface area contributed by atoms with Crippen LogP contribution >= 0.6 is 11.6 Å². The Labute approximate surface area is 179 Å². The first-order chi connectivity index (χ1) is 14.4. The van der Waals surface area contributed by atoms with Crippen LogP contribution in [0, 0.1) is 17.8 Å². The molecule has 2 bridgehead atoms. The number of amides is 1. The molecule has 30 heavy (non-hydrogen) atoms. The van der Waals surface area contributed by atoms with Crippen LogP contribution in [-0.2, 0) is 4.79 Å². The summed E-state index contributed by atoms with van der Waals surface area (Å²) in [5, 5.41) is 3.99. The third kappa shape index (κ3) is 3.01. The van der Waals surface area contributed by atoms with Gasteiger partial charge in [0.05, 0.1) is 22.8 Å². The summed E-state index contributed by atoms with van der Waals surface area (Å²) in [6.45, 7) is 0. The number of aromatic nitrogens is 3. The van der Waals surface area contributed by atoms with Gasteiger partial charge in [-0.15, -0.1) is 0 Å². The monoisotopic (exact) mass is 422 g/mol. The Morgan fingerprint density at radius 1 is 1.30 bits per heavy atom. The molecule has 2 aliphatic rings. The fraction of sp³-hybridized carbons (Fsp3) is 0.318. The number of allylic oxidation sites excluding steroid dienone is 1. The Morgan fingerprint density at radius 3 is 2.87 bits per heavy atom. The molecular formula is C22H23ClN6O. The molecule has 0 radical (unpaired) electrons. The lowest BCUT2D eigenvalue weighted by atomic mass is 9.88. The number of nitrogens with two attached hydrogens (primary N) is 1. The molecule has 0 spiro atoms. The minimum Gasteiger partial charge on any atom is -0.378 e. The van der Waals surface area contributed by atoms with Gasteiger partial charge in [0.2, 0.25) is 5.91 Å². The number of carbonyl (C=O) groups is 1. The number of nitrogens with one attached hydrogen (secondary N) is 2. The number of primary amides is 1. The summed E-state index contributed by atoms with van der Waals surface area (Å²) in [7, 11) is 4.00. The number of hydrogen-bond donors (Lipinski definition) is 3. The number of hydrogen-bond acceptors (Lipinski definition) is 5. The lowest BCUT2D eigenvalue weighted by molar-refractivity contribution is -0.122. The van der Waals surface area contributed by atoms with Crippen LogP contribution in [0.15, 0.2) is 42.6 Å². The first kappa shape index (κ1) is 18.9. The standard InChI is InChI=1S/C22H23ClN6O/c1-29(2)14-5-3-4-13(9-14)21-27-19-18(15(23)10-25-22(19)28-21)26-17-12-7-6-11(8-12)16(17)20(24)30/h3-7,9-12,16-17H,8H2,1-2H3,(H2,24,30)(H2,25,26,27,28)/t11-,12+,16+,17-/m1/s1. The van der Waals surface area contributed by atoms with E-state index in [1.54, 1.807) is 6.20 Å². The third-order valence-corrected chi connectivity index (χ3v) is 6.50. The number of benzene rings is 1. The molecule has 1 saturated carbocycles. The zero-order chi connectivity index (χ0) is 21.0. The van der Waals surface area contributed by atoms with Crippen molar-refractivity contribution in [2.24, 2.45) is 23.5 Å². The number of halogens is 1. The number of carbonyl (C=O) groups excluding carboxylic acids is 1. The van der Waals surface area contributed by atoms with Crippen molar-refractivity contribution in [1.82, 2.24) is 15.0 Å². The topological polar surface area (TPSA) is 99.9 Å². The second kappa shape index (κ2) is 7.02. The van der Waals surface area contributed by atoms with Crippen LogP contribution in [0.2, 0.25) is 5.02 Å². The van der Waals surface area contributed by atoms with Crippen molar-refractivity contribution in [1.29, 1.82) is 0 Å². The van der Waals surface area contributed by atoms with Gasteiger partial charge in [0.15, 0.2) is 5.65 Å². The highest BCUT2D eigenvalue weighted by molar-refractivity contribution is 6.34. The van der Waals surface area contributed by atoms with Crippen molar-refractivity contribution in [2.45, 2.75) is 12.5 Å². The molecule has 1 aromatic carbocycles. The van der Waals surface area contributed by atoms with Gasteiger partial charge in [-0.05, 0) is 30.4 Å². The molecule has 1 fully saturated rings. The fourth-order valence-corrected chi connectivity index (χ4v) is 4.91. The summed E-state index contributed by atoms with van der Waals surface area (Å²) in [5.41, 5.74) is 9.76. The van der Waals surface area contributed by atoms with Gasteiger partial charge in [-0.2, -0.15) is 0 Å². The molecule has 0 saturated heterocycles. The second-order valence-corrected chi connectivity index (χ2v) is 8.66. The van der Waals surface area contributed by atoms with E-state index < -0.39 is 0 Å². The van der Waals surface area contributed by atoms with Crippen LogP contribution in [0.3, 0.4) is 0 Å². The number of fused-ring (bicyclic) bond motifs is 3. The molecule has 2 heterocycles. The quantitative estimate of drug-likeness (QED) is 0.547. The number of aromatic amines is 1. The molecule has 1 amide bonds. The van der Waals surface area contributed by atoms with Gasteiger partial charge in [-0.3, -0.25) is 4.79 Å². The zero-order valence-electron chi connectivity index (χ0n) is 16.8. The van der Waals surface area contributed by atoms with E-state index >= 15 is 0 Å². The SMILES string of the molecule is CN(C)c1cccc(-c2nc3ncc(Cl)c(N[C@H]4[C@@H](C(N)=O)[C@@H]5C=C[C@H]4C5)c3[nH]2)c1. The summed E-state index contributed by atoms with van der Waals surface area (Å²) in [4.78, 5) is 26.6. The zero-order valence-corrected chi connectivity index (χ0v) is 17.5. The first-order valence-corrected chi connectivity index (χ1v) is 10.4. The number of anilines is 2. The maximum Gasteiger partial charge on any atom is 0.223 e. The Morgan fingerprint density at radius 2 is 2.10 bits per heavy atom. The van der Waals surface area contributed by atoms with Gasteiger partial charge in [-0.25, -0.2) is 9.97 Å². The van der Waals surface area contributed by atoms with Crippen molar-refractivity contribution >= 4 is 40.0 Å². The molecule has 2 aliphatic carbocycles. The highest BCUT2D eigenvalue weighted by atomic mass is 35.5. The number of nitrogens with zero attached hydrogens (tertiary/aromatic N) is 3. The van der Waals surface area contributed by atoms with Crippen LogP contribution in [0.1, 0.15) is 6.42 Å². The molecule has 8 heteroatoms. The normalized spacial score (nSPS) is 24.5. The number of rotatable bonds is 5. The summed E-state index contributed by atoms with van der Waals surface area (Å²) in [6.07, 6.45) is 6.80. The molecule has 4 N–H and O–H groups in total. The van der Waals surface area contributed by atoms with Gasteiger partial charge in [0.25, 0.3) is 0 Å². The summed E-state index contributed by atoms with van der Waals surface area (Å²) >= 11 is 6.52. The van der Waals surface area contributed by atoms with Crippen molar-refractivity contribution in [3.8, 4) is 11.4 Å². The average molecular weight is 423 g/mol. The van der Waals surface area contributed by atoms with Crippen molar-refractivity contribution < 1.29 is 4.79 Å². The van der Waals surface area contributed by atoms with E-state index in [4.69, 9.17) is 17.3 Å². The van der Waals surface area contributed by atoms with E-state index in [1.807, 2.05) is 37.2 Å². The minimum absolute atomic E-state index is 0.0931.